The lowest BCUT2D eigenvalue weighted by molar-refractivity contribution is 0.669. The molecule has 1 aromatic heterocycles. The van der Waals surface area contributed by atoms with Gasteiger partial charge in [0.2, 0.25) is 0 Å². The van der Waals surface area contributed by atoms with Gasteiger partial charge in [0.1, 0.15) is 11.2 Å². The molecule has 0 fully saturated rings. The fraction of sp³-hybridized carbons (Fsp3) is 0. The minimum atomic E-state index is 0.905. The smallest absolute Gasteiger partial charge is 0.136 e. The number of para-hydroxylation sites is 1. The van der Waals surface area contributed by atoms with Crippen LogP contribution < -0.4 is 4.90 Å². The number of hydrogen-bond donors (Lipinski definition) is 0. The van der Waals surface area contributed by atoms with Crippen molar-refractivity contribution in [1.29, 1.82) is 0 Å². The quantitative estimate of drug-likeness (QED) is 0.176. The predicted molar refractivity (Wildman–Crippen MR) is 220 cm³/mol. The van der Waals surface area contributed by atoms with Gasteiger partial charge in [0.25, 0.3) is 0 Å². The third kappa shape index (κ3) is 5.12. The van der Waals surface area contributed by atoms with E-state index in [2.05, 4.69) is 199 Å². The van der Waals surface area contributed by atoms with Crippen LogP contribution in [0.4, 0.5) is 17.1 Å². The lowest BCUT2D eigenvalue weighted by atomic mass is 9.93. The van der Waals surface area contributed by atoms with E-state index in [1.807, 2.05) is 6.07 Å². The van der Waals surface area contributed by atoms with Crippen molar-refractivity contribution in [2.75, 3.05) is 4.90 Å². The molecule has 244 valence electrons. The standard InChI is InChI=1S/C50H33NO/c1-2-12-34(13-3-1)35-24-28-40(29-25-35)51(42-18-10-17-38(32-42)44-22-11-16-36-14-4-6-19-43(36)44)41-30-26-37(27-31-41)49-45-20-7-5-15-39(45)33-48-50(49)46-21-8-9-23-47(46)52-48/h1-33H. The Labute approximate surface area is 302 Å². The highest BCUT2D eigenvalue weighted by atomic mass is 16.3. The fourth-order valence-corrected chi connectivity index (χ4v) is 7.80. The number of anilines is 3. The molecule has 10 aromatic rings. The maximum Gasteiger partial charge on any atom is 0.136 e. The predicted octanol–water partition coefficient (Wildman–Crippen LogP) is 14.4. The Morgan fingerprint density at radius 2 is 0.904 bits per heavy atom. The molecule has 0 aliphatic carbocycles. The number of rotatable bonds is 6. The number of fused-ring (bicyclic) bond motifs is 5. The maximum atomic E-state index is 6.41. The van der Waals surface area contributed by atoms with Crippen LogP contribution in [0.1, 0.15) is 0 Å². The molecule has 52 heavy (non-hydrogen) atoms. The Balaban J connectivity index is 1.13. The second-order valence-electron chi connectivity index (χ2n) is 13.3. The van der Waals surface area contributed by atoms with Crippen LogP contribution in [0.2, 0.25) is 0 Å². The van der Waals surface area contributed by atoms with Crippen LogP contribution in [0.3, 0.4) is 0 Å². The van der Waals surface area contributed by atoms with E-state index in [1.54, 1.807) is 0 Å². The van der Waals surface area contributed by atoms with Crippen LogP contribution >= 0.6 is 0 Å². The van der Waals surface area contributed by atoms with E-state index in [0.717, 1.165) is 44.6 Å². The van der Waals surface area contributed by atoms with Gasteiger partial charge in [-0.25, -0.2) is 0 Å². The molecule has 0 amide bonds. The molecule has 0 bridgehead atoms. The second kappa shape index (κ2) is 12.5. The summed E-state index contributed by atoms with van der Waals surface area (Å²) in [6.07, 6.45) is 0. The topological polar surface area (TPSA) is 16.4 Å². The third-order valence-electron chi connectivity index (χ3n) is 10.2. The van der Waals surface area contributed by atoms with Gasteiger partial charge in [0, 0.05) is 33.4 Å². The Hall–Kier alpha value is -6.90. The second-order valence-corrected chi connectivity index (χ2v) is 13.3. The molecule has 0 N–H and O–H groups in total. The maximum absolute atomic E-state index is 6.41. The summed E-state index contributed by atoms with van der Waals surface area (Å²) in [6, 6.07) is 71.7. The molecule has 0 aliphatic heterocycles. The minimum absolute atomic E-state index is 0.905. The molecule has 0 atom stereocenters. The van der Waals surface area contributed by atoms with Gasteiger partial charge in [0.05, 0.1) is 0 Å². The first-order valence-electron chi connectivity index (χ1n) is 17.8. The van der Waals surface area contributed by atoms with E-state index < -0.39 is 0 Å². The summed E-state index contributed by atoms with van der Waals surface area (Å²) >= 11 is 0. The van der Waals surface area contributed by atoms with Gasteiger partial charge in [0.15, 0.2) is 0 Å². The van der Waals surface area contributed by atoms with E-state index in [-0.39, 0.29) is 0 Å². The summed E-state index contributed by atoms with van der Waals surface area (Å²) in [5.74, 6) is 0. The van der Waals surface area contributed by atoms with Gasteiger partial charge in [-0.2, -0.15) is 0 Å². The zero-order valence-electron chi connectivity index (χ0n) is 28.4. The van der Waals surface area contributed by atoms with Gasteiger partial charge < -0.3 is 9.32 Å². The summed E-state index contributed by atoms with van der Waals surface area (Å²) in [5, 5.41) is 7.15. The average Bonchev–Trinajstić information content (AvgIpc) is 3.59. The monoisotopic (exact) mass is 663 g/mol. The molecule has 2 nitrogen and oxygen atoms in total. The molecule has 0 spiro atoms. The minimum Gasteiger partial charge on any atom is -0.456 e. The number of benzene rings is 9. The molecule has 0 saturated carbocycles. The zero-order valence-corrected chi connectivity index (χ0v) is 28.4. The largest absolute Gasteiger partial charge is 0.456 e. The average molecular weight is 664 g/mol. The van der Waals surface area contributed by atoms with Crippen LogP contribution in [0.25, 0.3) is 76.9 Å². The van der Waals surface area contributed by atoms with Crippen molar-refractivity contribution in [3.63, 3.8) is 0 Å². The van der Waals surface area contributed by atoms with Crippen LogP contribution in [-0.2, 0) is 0 Å². The number of hydrogen-bond acceptors (Lipinski definition) is 2. The number of furan rings is 1. The van der Waals surface area contributed by atoms with E-state index in [9.17, 15) is 0 Å². The Kier molecular flexibility index (Phi) is 7.18. The summed E-state index contributed by atoms with van der Waals surface area (Å²) in [5.41, 5.74) is 12.2. The third-order valence-corrected chi connectivity index (χ3v) is 10.2. The van der Waals surface area contributed by atoms with Crippen molar-refractivity contribution in [2.24, 2.45) is 0 Å². The van der Waals surface area contributed by atoms with Crippen molar-refractivity contribution in [1.82, 2.24) is 0 Å². The van der Waals surface area contributed by atoms with Gasteiger partial charge >= 0.3 is 0 Å². The SMILES string of the molecule is c1ccc(-c2ccc(N(c3ccc(-c4c5ccccc5cc5oc6ccccc6c45)cc3)c3cccc(-c4cccc5ccccc45)c3)cc2)cc1. The van der Waals surface area contributed by atoms with Gasteiger partial charge in [-0.1, -0.05) is 152 Å². The first-order valence-corrected chi connectivity index (χ1v) is 17.8. The number of nitrogens with zero attached hydrogens (tertiary/aromatic N) is 1. The Bertz CT molecular complexity index is 2880. The van der Waals surface area contributed by atoms with Crippen molar-refractivity contribution in [3.8, 4) is 33.4 Å². The van der Waals surface area contributed by atoms with Gasteiger partial charge in [-0.15, -0.1) is 0 Å². The molecule has 10 rings (SSSR count). The fourth-order valence-electron chi connectivity index (χ4n) is 7.80. The van der Waals surface area contributed by atoms with Crippen molar-refractivity contribution >= 4 is 60.5 Å². The van der Waals surface area contributed by atoms with Crippen LogP contribution in [-0.4, -0.2) is 0 Å². The first kappa shape index (κ1) is 30.0. The van der Waals surface area contributed by atoms with E-state index in [0.29, 0.717) is 0 Å². The molecule has 1 heterocycles. The summed E-state index contributed by atoms with van der Waals surface area (Å²) < 4.78 is 6.41. The van der Waals surface area contributed by atoms with Crippen molar-refractivity contribution in [2.45, 2.75) is 0 Å². The lowest BCUT2D eigenvalue weighted by Crippen LogP contribution is -2.10. The molecule has 0 radical (unpaired) electrons. The highest BCUT2D eigenvalue weighted by Gasteiger charge is 2.19. The molecule has 2 heteroatoms. The highest BCUT2D eigenvalue weighted by Crippen LogP contribution is 2.44. The summed E-state index contributed by atoms with van der Waals surface area (Å²) in [4.78, 5) is 2.36. The summed E-state index contributed by atoms with van der Waals surface area (Å²) in [7, 11) is 0. The Morgan fingerprint density at radius 1 is 0.327 bits per heavy atom. The van der Waals surface area contributed by atoms with Crippen molar-refractivity contribution < 1.29 is 4.42 Å². The van der Waals surface area contributed by atoms with Gasteiger partial charge in [-0.3, -0.25) is 0 Å². The zero-order chi connectivity index (χ0) is 34.4. The van der Waals surface area contributed by atoms with E-state index >= 15 is 0 Å². The van der Waals surface area contributed by atoms with Crippen molar-refractivity contribution in [3.05, 3.63) is 200 Å². The van der Waals surface area contributed by atoms with Crippen LogP contribution in [0, 0.1) is 0 Å². The molecular formula is C50H33NO. The normalized spacial score (nSPS) is 11.5. The van der Waals surface area contributed by atoms with E-state index in [4.69, 9.17) is 4.42 Å². The van der Waals surface area contributed by atoms with Crippen LogP contribution in [0.15, 0.2) is 205 Å². The molecule has 0 saturated heterocycles. The summed E-state index contributed by atoms with van der Waals surface area (Å²) in [6.45, 7) is 0. The molecule has 0 aliphatic rings. The first-order chi connectivity index (χ1) is 25.8. The van der Waals surface area contributed by atoms with E-state index in [1.165, 1.54) is 49.4 Å². The molecular weight excluding hydrogens is 631 g/mol. The lowest BCUT2D eigenvalue weighted by Gasteiger charge is -2.26. The molecule has 0 unspecified atom stereocenters. The van der Waals surface area contributed by atoms with Gasteiger partial charge in [-0.05, 0) is 97.9 Å². The Morgan fingerprint density at radius 3 is 1.69 bits per heavy atom. The van der Waals surface area contributed by atoms with Crippen LogP contribution in [0.5, 0.6) is 0 Å². The molecule has 9 aromatic carbocycles. The highest BCUT2D eigenvalue weighted by molar-refractivity contribution is 6.20.